The van der Waals surface area contributed by atoms with Crippen molar-refractivity contribution in [2.24, 2.45) is 5.92 Å². The van der Waals surface area contributed by atoms with Crippen LogP contribution in [0.3, 0.4) is 0 Å². The second-order valence-corrected chi connectivity index (χ2v) is 6.63. The van der Waals surface area contributed by atoms with E-state index in [1.165, 1.54) is 4.90 Å². The summed E-state index contributed by atoms with van der Waals surface area (Å²) in [6, 6.07) is -0.628. The second kappa shape index (κ2) is 10.0. The molecule has 1 aliphatic rings. The molecule has 0 N–H and O–H groups in total. The summed E-state index contributed by atoms with van der Waals surface area (Å²) in [6.07, 6.45) is 0.177. The average molecular weight is 364 g/mol. The number of hydrogen-bond acceptors (Lipinski definition) is 4. The van der Waals surface area contributed by atoms with Gasteiger partial charge in [-0.2, -0.15) is 0 Å². The van der Waals surface area contributed by atoms with Gasteiger partial charge >= 0.3 is 0 Å². The Kier molecular flexibility index (Phi) is 8.71. The number of alkyl halides is 2. The molecule has 1 heterocycles. The second-order valence-electron chi connectivity index (χ2n) is 6.63. The van der Waals surface area contributed by atoms with Crippen LogP contribution < -0.4 is 0 Å². The molecule has 0 aliphatic carbocycles. The Hall–Kier alpha value is -1.28. The van der Waals surface area contributed by atoms with Gasteiger partial charge in [-0.15, -0.1) is 0 Å². The highest BCUT2D eigenvalue weighted by Crippen LogP contribution is 2.31. The molecule has 1 saturated heterocycles. The largest absolute Gasteiger partial charge is 0.383 e. The molecule has 1 fully saturated rings. The number of carbonyl (C=O) groups is 2. The number of amides is 2. The first-order valence-corrected chi connectivity index (χ1v) is 8.67. The molecule has 0 spiro atoms. The van der Waals surface area contributed by atoms with E-state index in [0.717, 1.165) is 6.92 Å². The van der Waals surface area contributed by atoms with Crippen LogP contribution in [0.5, 0.6) is 0 Å². The summed E-state index contributed by atoms with van der Waals surface area (Å²) in [5.74, 6) is -3.64. The topological polar surface area (TPSA) is 59.1 Å². The minimum atomic E-state index is -2.81. The molecule has 0 aromatic heterocycles. The van der Waals surface area contributed by atoms with E-state index in [1.54, 1.807) is 19.1 Å². The van der Waals surface area contributed by atoms with Gasteiger partial charge in [-0.1, -0.05) is 6.92 Å². The van der Waals surface area contributed by atoms with Gasteiger partial charge in [-0.05, 0) is 19.3 Å². The minimum Gasteiger partial charge on any atom is -0.383 e. The van der Waals surface area contributed by atoms with Crippen LogP contribution >= 0.6 is 0 Å². The van der Waals surface area contributed by atoms with Crippen molar-refractivity contribution in [2.75, 3.05) is 47.1 Å². The summed E-state index contributed by atoms with van der Waals surface area (Å²) in [4.78, 5) is 28.2. The molecule has 0 saturated carbocycles. The van der Waals surface area contributed by atoms with E-state index in [9.17, 15) is 18.4 Å². The average Bonchev–Trinajstić information content (AvgIpc) is 2.86. The van der Waals surface area contributed by atoms with Gasteiger partial charge in [0.25, 0.3) is 0 Å². The van der Waals surface area contributed by atoms with Crippen molar-refractivity contribution >= 4 is 11.8 Å². The Morgan fingerprint density at radius 1 is 1.32 bits per heavy atom. The fourth-order valence-corrected chi connectivity index (χ4v) is 3.23. The summed E-state index contributed by atoms with van der Waals surface area (Å²) in [5, 5.41) is 0. The molecule has 0 aromatic rings. The molecule has 25 heavy (non-hydrogen) atoms. The van der Waals surface area contributed by atoms with Crippen molar-refractivity contribution in [3.8, 4) is 0 Å². The first-order chi connectivity index (χ1) is 11.7. The van der Waals surface area contributed by atoms with Crippen molar-refractivity contribution in [3.63, 3.8) is 0 Å². The van der Waals surface area contributed by atoms with Crippen LogP contribution in [-0.2, 0) is 19.1 Å². The van der Waals surface area contributed by atoms with E-state index < -0.39 is 17.9 Å². The maximum atomic E-state index is 13.2. The van der Waals surface area contributed by atoms with Gasteiger partial charge in [0.2, 0.25) is 17.7 Å². The van der Waals surface area contributed by atoms with Gasteiger partial charge in [0, 0.05) is 46.7 Å². The smallest absolute Gasteiger partial charge is 0.245 e. The van der Waals surface area contributed by atoms with E-state index in [4.69, 9.17) is 9.47 Å². The minimum absolute atomic E-state index is 0.0728. The lowest BCUT2D eigenvalue weighted by Gasteiger charge is -2.32. The lowest BCUT2D eigenvalue weighted by atomic mass is 10.0. The lowest BCUT2D eigenvalue weighted by molar-refractivity contribution is -0.144. The van der Waals surface area contributed by atoms with Gasteiger partial charge in [0.05, 0.1) is 13.2 Å². The Bertz CT molecular complexity index is 435. The number of methoxy groups -OCH3 is 2. The SMILES string of the molecule is CCC(C(=O)N(CCOC)CCOC)N1C[C@H](CC(C)(F)F)CC1=O. The number of nitrogens with zero attached hydrogens (tertiary/aromatic N) is 2. The van der Waals surface area contributed by atoms with E-state index in [2.05, 4.69) is 0 Å². The maximum Gasteiger partial charge on any atom is 0.245 e. The number of likely N-dealkylation sites (tertiary alicyclic amines) is 1. The summed E-state index contributed by atoms with van der Waals surface area (Å²) >= 11 is 0. The summed E-state index contributed by atoms with van der Waals surface area (Å²) in [6.45, 7) is 4.44. The first kappa shape index (κ1) is 21.8. The van der Waals surface area contributed by atoms with Gasteiger partial charge in [-0.3, -0.25) is 9.59 Å². The van der Waals surface area contributed by atoms with Crippen LogP contribution in [0, 0.1) is 5.92 Å². The van der Waals surface area contributed by atoms with Crippen molar-refractivity contribution in [1.82, 2.24) is 9.80 Å². The fraction of sp³-hybridized carbons (Fsp3) is 0.882. The highest BCUT2D eigenvalue weighted by molar-refractivity contribution is 5.88. The van der Waals surface area contributed by atoms with Crippen molar-refractivity contribution < 1.29 is 27.8 Å². The van der Waals surface area contributed by atoms with E-state index in [-0.39, 0.29) is 31.2 Å². The number of hydrogen-bond donors (Lipinski definition) is 0. The van der Waals surface area contributed by atoms with E-state index in [0.29, 0.717) is 32.7 Å². The molecule has 6 nitrogen and oxygen atoms in total. The molecular weight excluding hydrogens is 334 g/mol. The summed E-state index contributed by atoms with van der Waals surface area (Å²) < 4.78 is 36.6. The zero-order chi connectivity index (χ0) is 19.0. The predicted octanol–water partition coefficient (Wildman–Crippen LogP) is 1.78. The van der Waals surface area contributed by atoms with Gasteiger partial charge in [0.15, 0.2) is 0 Å². The van der Waals surface area contributed by atoms with Crippen molar-refractivity contribution in [2.45, 2.75) is 45.1 Å². The number of halogens is 2. The third kappa shape index (κ3) is 6.86. The van der Waals surface area contributed by atoms with Crippen molar-refractivity contribution in [1.29, 1.82) is 0 Å². The maximum absolute atomic E-state index is 13.2. The first-order valence-electron chi connectivity index (χ1n) is 8.67. The van der Waals surface area contributed by atoms with E-state index in [1.807, 2.05) is 6.92 Å². The van der Waals surface area contributed by atoms with Crippen LogP contribution in [0.2, 0.25) is 0 Å². The Labute approximate surface area is 148 Å². The molecule has 0 radical (unpaired) electrons. The number of rotatable bonds is 11. The Balaban J connectivity index is 2.80. The van der Waals surface area contributed by atoms with Gasteiger partial charge in [0.1, 0.15) is 6.04 Å². The summed E-state index contributed by atoms with van der Waals surface area (Å²) in [5.41, 5.74) is 0. The third-order valence-corrected chi connectivity index (χ3v) is 4.38. The van der Waals surface area contributed by atoms with Gasteiger partial charge in [-0.25, -0.2) is 8.78 Å². The fourth-order valence-electron chi connectivity index (χ4n) is 3.23. The molecule has 8 heteroatoms. The molecule has 0 bridgehead atoms. The van der Waals surface area contributed by atoms with Crippen LogP contribution in [0.15, 0.2) is 0 Å². The van der Waals surface area contributed by atoms with Crippen LogP contribution in [0.25, 0.3) is 0 Å². The van der Waals surface area contributed by atoms with Crippen LogP contribution in [0.4, 0.5) is 8.78 Å². The molecule has 1 aliphatic heterocycles. The number of ether oxygens (including phenoxy) is 2. The highest BCUT2D eigenvalue weighted by atomic mass is 19.3. The van der Waals surface area contributed by atoms with E-state index >= 15 is 0 Å². The number of carbonyl (C=O) groups excluding carboxylic acids is 2. The molecular formula is C17H30F2N2O4. The third-order valence-electron chi connectivity index (χ3n) is 4.38. The van der Waals surface area contributed by atoms with Gasteiger partial charge < -0.3 is 19.3 Å². The van der Waals surface area contributed by atoms with Crippen molar-refractivity contribution in [3.05, 3.63) is 0 Å². The summed E-state index contributed by atoms with van der Waals surface area (Å²) in [7, 11) is 3.10. The lowest BCUT2D eigenvalue weighted by Crippen LogP contribution is -2.50. The standard InChI is InChI=1S/C17H30F2N2O4/c1-5-14(16(23)20(6-8-24-3)7-9-25-4)21-12-13(10-15(21)22)11-17(2,18)19/h13-14H,5-12H2,1-4H3/t13-,14?/m0/s1. The quantitative estimate of drug-likeness (QED) is 0.561. The van der Waals surface area contributed by atoms with Crippen LogP contribution in [0.1, 0.15) is 33.1 Å². The molecule has 146 valence electrons. The monoisotopic (exact) mass is 364 g/mol. The molecule has 1 rings (SSSR count). The zero-order valence-corrected chi connectivity index (χ0v) is 15.6. The molecule has 2 atom stereocenters. The zero-order valence-electron chi connectivity index (χ0n) is 15.6. The Morgan fingerprint density at radius 3 is 2.32 bits per heavy atom. The van der Waals surface area contributed by atoms with Crippen LogP contribution in [-0.4, -0.2) is 80.6 Å². The molecule has 2 amide bonds. The Morgan fingerprint density at radius 2 is 1.88 bits per heavy atom. The predicted molar refractivity (Wildman–Crippen MR) is 89.5 cm³/mol. The normalized spacial score (nSPS) is 19.4. The molecule has 1 unspecified atom stereocenters. The molecule has 0 aromatic carbocycles. The highest BCUT2D eigenvalue weighted by Gasteiger charge is 2.40.